The highest BCUT2D eigenvalue weighted by molar-refractivity contribution is 7.98. The lowest BCUT2D eigenvalue weighted by molar-refractivity contribution is 0.302. The molecule has 0 saturated carbocycles. The van der Waals surface area contributed by atoms with Gasteiger partial charge < -0.3 is 4.52 Å². The minimum absolute atomic E-state index is 0.130. The molecule has 0 spiro atoms. The third-order valence-electron chi connectivity index (χ3n) is 3.86. The van der Waals surface area contributed by atoms with Gasteiger partial charge in [-0.1, -0.05) is 23.0 Å². The van der Waals surface area contributed by atoms with Crippen LogP contribution in [0.15, 0.2) is 50.3 Å². The molecule has 28 heavy (non-hydrogen) atoms. The molecule has 0 bridgehead atoms. The predicted molar refractivity (Wildman–Crippen MR) is 111 cm³/mol. The molecule has 0 aliphatic carbocycles. The molecule has 0 radical (unpaired) electrons. The Kier molecular flexibility index (Phi) is 6.54. The summed E-state index contributed by atoms with van der Waals surface area (Å²) < 4.78 is 32.5. The summed E-state index contributed by atoms with van der Waals surface area (Å²) in [6.45, 7) is 7.46. The van der Waals surface area contributed by atoms with Crippen LogP contribution >= 0.6 is 23.1 Å². The van der Waals surface area contributed by atoms with Crippen molar-refractivity contribution in [2.24, 2.45) is 0 Å². The van der Waals surface area contributed by atoms with Crippen LogP contribution in [0.2, 0.25) is 0 Å². The van der Waals surface area contributed by atoms with Crippen LogP contribution in [0.4, 0.5) is 0 Å². The van der Waals surface area contributed by atoms with E-state index in [0.717, 1.165) is 4.88 Å². The van der Waals surface area contributed by atoms with E-state index in [2.05, 4.69) is 15.1 Å². The molecule has 0 unspecified atom stereocenters. The number of rotatable bonds is 8. The van der Waals surface area contributed by atoms with Crippen LogP contribution < -0.4 is 0 Å². The first-order valence-corrected chi connectivity index (χ1v) is 12.1. The van der Waals surface area contributed by atoms with E-state index in [4.69, 9.17) is 4.52 Å². The van der Waals surface area contributed by atoms with Gasteiger partial charge in [-0.25, -0.2) is 13.4 Å². The summed E-state index contributed by atoms with van der Waals surface area (Å²) in [5, 5.41) is 6.62. The number of hydrogen-bond acceptors (Lipinski definition) is 8. The zero-order chi connectivity index (χ0) is 20.3. The molecule has 0 fully saturated rings. The molecule has 10 heteroatoms. The lowest BCUT2D eigenvalue weighted by Crippen LogP contribution is -2.41. The molecule has 3 aromatic heterocycles. The lowest BCUT2D eigenvalue weighted by atomic mass is 10.3. The highest BCUT2D eigenvalue weighted by Gasteiger charge is 2.29. The second-order valence-corrected chi connectivity index (χ2v) is 10.4. The zero-order valence-corrected chi connectivity index (χ0v) is 18.5. The topological polar surface area (TPSA) is 89.2 Å². The zero-order valence-electron chi connectivity index (χ0n) is 16.1. The Morgan fingerprint density at radius 2 is 1.93 bits per heavy atom. The van der Waals surface area contributed by atoms with Crippen molar-refractivity contribution in [3.8, 4) is 10.7 Å². The van der Waals surface area contributed by atoms with Crippen molar-refractivity contribution < 1.29 is 12.9 Å². The first kappa shape index (κ1) is 21.0. The molecule has 0 atom stereocenters. The van der Waals surface area contributed by atoms with E-state index in [9.17, 15) is 8.42 Å². The van der Waals surface area contributed by atoms with Crippen molar-refractivity contribution in [3.05, 3.63) is 41.7 Å². The van der Waals surface area contributed by atoms with Gasteiger partial charge in [0, 0.05) is 18.3 Å². The number of thiophene rings is 1. The van der Waals surface area contributed by atoms with E-state index >= 15 is 0 Å². The van der Waals surface area contributed by atoms with E-state index in [1.807, 2.05) is 45.2 Å². The van der Waals surface area contributed by atoms with Gasteiger partial charge in [0.2, 0.25) is 21.7 Å². The van der Waals surface area contributed by atoms with Crippen LogP contribution in [-0.4, -0.2) is 39.9 Å². The van der Waals surface area contributed by atoms with E-state index in [1.165, 1.54) is 22.3 Å². The lowest BCUT2D eigenvalue weighted by Gasteiger charge is -2.29. The molecule has 0 saturated heterocycles. The van der Waals surface area contributed by atoms with Crippen LogP contribution in [0.25, 0.3) is 10.7 Å². The van der Waals surface area contributed by atoms with Gasteiger partial charge in [0.15, 0.2) is 0 Å². The maximum atomic E-state index is 12.9. The normalized spacial score (nSPS) is 12.4. The standard InChI is InChI=1S/C18H22N4O3S3/c1-12(2)22(13(3)4)28(23,24)14-7-8-17(19-10-14)27-11-16-20-18(21-25-16)15-6-5-9-26-15/h5-10,12-13H,11H2,1-4H3. The second kappa shape index (κ2) is 8.73. The van der Waals surface area contributed by atoms with Gasteiger partial charge in [0.1, 0.15) is 4.90 Å². The Bertz CT molecular complexity index is 989. The number of nitrogens with zero attached hydrogens (tertiary/aromatic N) is 4. The molecular formula is C18H22N4O3S3. The van der Waals surface area contributed by atoms with E-state index in [1.54, 1.807) is 23.5 Å². The molecule has 3 rings (SSSR count). The monoisotopic (exact) mass is 438 g/mol. The van der Waals surface area contributed by atoms with Crippen molar-refractivity contribution in [3.63, 3.8) is 0 Å². The first-order chi connectivity index (χ1) is 13.3. The molecule has 7 nitrogen and oxygen atoms in total. The Labute approximate surface area is 173 Å². The van der Waals surface area contributed by atoms with Crippen molar-refractivity contribution in [2.75, 3.05) is 0 Å². The van der Waals surface area contributed by atoms with Gasteiger partial charge in [-0.15, -0.1) is 11.3 Å². The van der Waals surface area contributed by atoms with Crippen LogP contribution in [0.5, 0.6) is 0 Å². The quantitative estimate of drug-likeness (QED) is 0.485. The fourth-order valence-electron chi connectivity index (χ4n) is 2.83. The van der Waals surface area contributed by atoms with Gasteiger partial charge in [-0.3, -0.25) is 0 Å². The smallest absolute Gasteiger partial charge is 0.245 e. The first-order valence-electron chi connectivity index (χ1n) is 8.78. The largest absolute Gasteiger partial charge is 0.338 e. The van der Waals surface area contributed by atoms with Crippen LogP contribution in [-0.2, 0) is 15.8 Å². The minimum Gasteiger partial charge on any atom is -0.338 e. The van der Waals surface area contributed by atoms with Crippen molar-refractivity contribution >= 4 is 33.1 Å². The van der Waals surface area contributed by atoms with Gasteiger partial charge in [-0.05, 0) is 51.3 Å². The highest BCUT2D eigenvalue weighted by Crippen LogP contribution is 2.26. The predicted octanol–water partition coefficient (Wildman–Crippen LogP) is 4.29. The third-order valence-corrected chi connectivity index (χ3v) is 7.89. The van der Waals surface area contributed by atoms with Gasteiger partial charge in [0.25, 0.3) is 0 Å². The summed E-state index contributed by atoms with van der Waals surface area (Å²) in [6.07, 6.45) is 1.40. The number of hydrogen-bond donors (Lipinski definition) is 0. The third kappa shape index (κ3) is 4.62. The SMILES string of the molecule is CC(C)N(C(C)C)S(=O)(=O)c1ccc(SCc2nc(-c3cccs3)no2)nc1. The summed E-state index contributed by atoms with van der Waals surface area (Å²) in [5.41, 5.74) is 0. The summed E-state index contributed by atoms with van der Waals surface area (Å²) in [5.74, 6) is 1.53. The van der Waals surface area contributed by atoms with Crippen molar-refractivity contribution in [1.82, 2.24) is 19.4 Å². The van der Waals surface area contributed by atoms with Gasteiger partial charge >= 0.3 is 0 Å². The summed E-state index contributed by atoms with van der Waals surface area (Å²) in [4.78, 5) is 9.80. The molecule has 0 N–H and O–H groups in total. The minimum atomic E-state index is -3.58. The average molecular weight is 439 g/mol. The Morgan fingerprint density at radius 3 is 2.50 bits per heavy atom. The van der Waals surface area contributed by atoms with Gasteiger partial charge in [0.05, 0.1) is 15.7 Å². The number of pyridine rings is 1. The summed E-state index contributed by atoms with van der Waals surface area (Å²) >= 11 is 2.96. The fourth-order valence-corrected chi connectivity index (χ4v) is 5.94. The van der Waals surface area contributed by atoms with Crippen LogP contribution in [0.1, 0.15) is 33.6 Å². The molecule has 0 aromatic carbocycles. The molecule has 0 aliphatic rings. The molecule has 0 aliphatic heterocycles. The Hall–Kier alpha value is -1.75. The number of thioether (sulfide) groups is 1. The number of sulfonamides is 1. The van der Waals surface area contributed by atoms with Crippen LogP contribution in [0, 0.1) is 0 Å². The average Bonchev–Trinajstić information content (AvgIpc) is 3.31. The van der Waals surface area contributed by atoms with E-state index in [-0.39, 0.29) is 17.0 Å². The molecule has 0 amide bonds. The number of aromatic nitrogens is 3. The van der Waals surface area contributed by atoms with Gasteiger partial charge in [-0.2, -0.15) is 9.29 Å². The Morgan fingerprint density at radius 1 is 1.18 bits per heavy atom. The molecule has 3 aromatic rings. The summed E-state index contributed by atoms with van der Waals surface area (Å²) in [7, 11) is -3.58. The second-order valence-electron chi connectivity index (χ2n) is 6.63. The highest BCUT2D eigenvalue weighted by atomic mass is 32.2. The van der Waals surface area contributed by atoms with Crippen molar-refractivity contribution in [1.29, 1.82) is 0 Å². The molecular weight excluding hydrogens is 416 g/mol. The fraction of sp³-hybridized carbons (Fsp3) is 0.389. The molecule has 3 heterocycles. The Balaban J connectivity index is 1.68. The van der Waals surface area contributed by atoms with Crippen LogP contribution in [0.3, 0.4) is 0 Å². The van der Waals surface area contributed by atoms with Crippen molar-refractivity contribution in [2.45, 2.75) is 55.5 Å². The maximum Gasteiger partial charge on any atom is 0.245 e. The molecule has 150 valence electrons. The maximum absolute atomic E-state index is 12.9. The van der Waals surface area contributed by atoms with E-state index < -0.39 is 10.0 Å². The van der Waals surface area contributed by atoms with E-state index in [0.29, 0.717) is 22.5 Å². The summed E-state index contributed by atoms with van der Waals surface area (Å²) in [6, 6.07) is 6.90.